The minimum Gasteiger partial charge on any atom is -0.550 e. The Morgan fingerprint density at radius 1 is 0.900 bits per heavy atom. The predicted molar refractivity (Wildman–Crippen MR) is 21.4 cm³/mol. The van der Waals surface area contributed by atoms with Gasteiger partial charge in [0.15, 0.2) is 0 Å². The summed E-state index contributed by atoms with van der Waals surface area (Å²) in [7, 11) is 0. The number of carboxylic acids is 2. The van der Waals surface area contributed by atoms with Gasteiger partial charge < -0.3 is 19.8 Å². The largest absolute Gasteiger partial charge is 2.00 e. The maximum atomic E-state index is 8.89. The smallest absolute Gasteiger partial charge is 0.550 e. The molecule has 64 valence electrons. The van der Waals surface area contributed by atoms with Crippen LogP contribution in [0.25, 0.3) is 0 Å². The van der Waals surface area contributed by atoms with Crippen LogP contribution in [0.5, 0.6) is 0 Å². The third-order valence-electron chi connectivity index (χ3n) is 0. The number of hydrogen-bond acceptors (Lipinski definition) is 4. The zero-order chi connectivity index (χ0) is 7.15. The number of rotatable bonds is 0. The average molecular weight is 508 g/mol. The third kappa shape index (κ3) is 4440. The van der Waals surface area contributed by atoms with Gasteiger partial charge in [-0.25, -0.2) is 0 Å². The molecule has 0 saturated heterocycles. The second-order valence-corrected chi connectivity index (χ2v) is 0.983. The van der Waals surface area contributed by atoms with Crippen molar-refractivity contribution in [1.29, 1.82) is 0 Å². The van der Waals surface area contributed by atoms with E-state index in [1.54, 1.807) is 0 Å². The first-order valence-corrected chi connectivity index (χ1v) is 1.82. The maximum Gasteiger partial charge on any atom is 2.00 e. The van der Waals surface area contributed by atoms with E-state index in [0.29, 0.717) is 0 Å². The topological polar surface area (TPSA) is 80.3 Å². The molecule has 4 nitrogen and oxygen atoms in total. The van der Waals surface area contributed by atoms with Crippen molar-refractivity contribution in [1.82, 2.24) is 0 Å². The van der Waals surface area contributed by atoms with Crippen LogP contribution in [0.15, 0.2) is 0 Å². The fraction of sp³-hybridized carbons (Fsp3) is 0.500. The fourth-order valence-electron chi connectivity index (χ4n) is 0. The standard InChI is InChI=1S/2C2H4O2.2Pt/c2*1-2(3)4;;/h2*1H3,(H,3,4);;/q;;2*+2/p-2. The van der Waals surface area contributed by atoms with Crippen LogP contribution in [0.4, 0.5) is 0 Å². The molecule has 0 radical (unpaired) electrons. The van der Waals surface area contributed by atoms with Crippen molar-refractivity contribution in [3.05, 3.63) is 0 Å². The molecule has 0 spiro atoms. The minimum absolute atomic E-state index is 0. The van der Waals surface area contributed by atoms with Crippen molar-refractivity contribution in [2.45, 2.75) is 13.8 Å². The summed E-state index contributed by atoms with van der Waals surface area (Å²) >= 11 is 0. The molecular formula is C4H6O4Pt2+2. The van der Waals surface area contributed by atoms with Gasteiger partial charge in [-0.3, -0.25) is 0 Å². The fourth-order valence-corrected chi connectivity index (χ4v) is 0. The molecule has 0 aliphatic carbocycles. The van der Waals surface area contributed by atoms with Crippen molar-refractivity contribution in [2.75, 3.05) is 0 Å². The SMILES string of the molecule is CC(=O)[O-].CC(=O)[O-].[Pt+2].[Pt+2]. The molecule has 0 aromatic carbocycles. The van der Waals surface area contributed by atoms with Crippen LogP contribution < -0.4 is 10.2 Å². The Kier molecular flexibility index (Phi) is 36.2. The summed E-state index contributed by atoms with van der Waals surface area (Å²) in [4.78, 5) is 17.8. The van der Waals surface area contributed by atoms with Gasteiger partial charge in [0.2, 0.25) is 0 Å². The quantitative estimate of drug-likeness (QED) is 0.363. The number of carbonyl (C=O) groups is 2. The van der Waals surface area contributed by atoms with Crippen LogP contribution in [0.3, 0.4) is 0 Å². The van der Waals surface area contributed by atoms with E-state index in [1.165, 1.54) is 0 Å². The molecule has 0 N–H and O–H groups in total. The van der Waals surface area contributed by atoms with E-state index in [0.717, 1.165) is 13.8 Å². The molecule has 0 bridgehead atoms. The molecule has 0 unspecified atom stereocenters. The first-order chi connectivity index (χ1) is 3.46. The molecule has 0 saturated carbocycles. The minimum atomic E-state index is -1.08. The van der Waals surface area contributed by atoms with Gasteiger partial charge in [0, 0.05) is 11.9 Å². The van der Waals surface area contributed by atoms with E-state index in [1.807, 2.05) is 0 Å². The van der Waals surface area contributed by atoms with Crippen molar-refractivity contribution in [3.8, 4) is 0 Å². The van der Waals surface area contributed by atoms with Crippen LogP contribution >= 0.6 is 0 Å². The van der Waals surface area contributed by atoms with E-state index in [4.69, 9.17) is 19.8 Å². The van der Waals surface area contributed by atoms with Crippen LogP contribution in [-0.4, -0.2) is 11.9 Å². The Labute approximate surface area is 87.5 Å². The van der Waals surface area contributed by atoms with Crippen LogP contribution in [0.2, 0.25) is 0 Å². The molecular weight excluding hydrogens is 502 g/mol. The Balaban J connectivity index is -0.0000000300. The van der Waals surface area contributed by atoms with Gasteiger partial charge in [0.25, 0.3) is 0 Å². The molecule has 10 heavy (non-hydrogen) atoms. The Morgan fingerprint density at radius 2 is 0.900 bits per heavy atom. The molecule has 6 heteroatoms. The number of carboxylic acid groups (broad SMARTS) is 2. The van der Waals surface area contributed by atoms with Gasteiger partial charge in [-0.1, -0.05) is 0 Å². The van der Waals surface area contributed by atoms with E-state index >= 15 is 0 Å². The van der Waals surface area contributed by atoms with Gasteiger partial charge in [0.1, 0.15) is 0 Å². The summed E-state index contributed by atoms with van der Waals surface area (Å²) in [6.45, 7) is 1.94. The summed E-state index contributed by atoms with van der Waals surface area (Å²) < 4.78 is 0. The van der Waals surface area contributed by atoms with Gasteiger partial charge in [-0.2, -0.15) is 0 Å². The molecule has 0 aliphatic rings. The maximum absolute atomic E-state index is 8.89. The molecule has 0 aliphatic heterocycles. The van der Waals surface area contributed by atoms with Crippen LogP contribution in [0.1, 0.15) is 13.8 Å². The van der Waals surface area contributed by atoms with Crippen molar-refractivity contribution >= 4 is 11.9 Å². The second-order valence-electron chi connectivity index (χ2n) is 0.983. The van der Waals surface area contributed by atoms with E-state index in [2.05, 4.69) is 0 Å². The first kappa shape index (κ1) is 22.4. The Hall–Kier alpha value is 0.317. The number of hydrogen-bond donors (Lipinski definition) is 0. The number of carbonyl (C=O) groups excluding carboxylic acids is 2. The third-order valence-corrected chi connectivity index (χ3v) is 0. The van der Waals surface area contributed by atoms with Gasteiger partial charge in [0.05, 0.1) is 0 Å². The van der Waals surface area contributed by atoms with Gasteiger partial charge in [-0.05, 0) is 13.8 Å². The molecule has 0 fully saturated rings. The average Bonchev–Trinajstić information content (AvgIpc) is 1.25. The molecule has 0 rings (SSSR count). The van der Waals surface area contributed by atoms with Crippen molar-refractivity contribution in [2.24, 2.45) is 0 Å². The second kappa shape index (κ2) is 16.2. The van der Waals surface area contributed by atoms with E-state index < -0.39 is 11.9 Å². The van der Waals surface area contributed by atoms with Gasteiger partial charge in [-0.15, -0.1) is 0 Å². The molecule has 0 heterocycles. The summed E-state index contributed by atoms with van der Waals surface area (Å²) in [5.41, 5.74) is 0. The van der Waals surface area contributed by atoms with Crippen molar-refractivity contribution < 1.29 is 61.9 Å². The van der Waals surface area contributed by atoms with E-state index in [9.17, 15) is 0 Å². The zero-order valence-electron chi connectivity index (χ0n) is 5.27. The molecule has 0 atom stereocenters. The number of aliphatic carboxylic acids is 2. The molecule has 0 aromatic rings. The Morgan fingerprint density at radius 3 is 0.900 bits per heavy atom. The zero-order valence-corrected chi connectivity index (χ0v) is 9.81. The normalized spacial score (nSPS) is 5.00. The summed E-state index contributed by atoms with van der Waals surface area (Å²) in [6, 6.07) is 0. The van der Waals surface area contributed by atoms with Gasteiger partial charge >= 0.3 is 42.1 Å². The summed E-state index contributed by atoms with van der Waals surface area (Å²) in [6.07, 6.45) is 0. The van der Waals surface area contributed by atoms with Crippen molar-refractivity contribution in [3.63, 3.8) is 0 Å². The molecule has 0 amide bonds. The Bertz CT molecular complexity index is 73.3. The van der Waals surface area contributed by atoms with Crippen LogP contribution in [0, 0.1) is 0 Å². The summed E-state index contributed by atoms with van der Waals surface area (Å²) in [5.74, 6) is -2.17. The summed E-state index contributed by atoms with van der Waals surface area (Å²) in [5, 5.41) is 17.8. The van der Waals surface area contributed by atoms with Crippen LogP contribution in [-0.2, 0) is 51.7 Å². The van der Waals surface area contributed by atoms with E-state index in [-0.39, 0.29) is 42.1 Å². The first-order valence-electron chi connectivity index (χ1n) is 1.82. The monoisotopic (exact) mass is 508 g/mol. The molecule has 0 aromatic heterocycles. The predicted octanol–water partition coefficient (Wildman–Crippen LogP) is -2.49.